The fourth-order valence-corrected chi connectivity index (χ4v) is 3.05. The van der Waals surface area contributed by atoms with E-state index in [1.54, 1.807) is 20.8 Å². The van der Waals surface area contributed by atoms with Crippen LogP contribution >= 0.6 is 11.8 Å². The van der Waals surface area contributed by atoms with Gasteiger partial charge in [-0.05, 0) is 38.6 Å². The van der Waals surface area contributed by atoms with Crippen molar-refractivity contribution < 1.29 is 13.3 Å². The van der Waals surface area contributed by atoms with Gasteiger partial charge < -0.3 is 0 Å². The average molecular weight is 293 g/mol. The van der Waals surface area contributed by atoms with Crippen molar-refractivity contribution in [2.24, 2.45) is 0 Å². The van der Waals surface area contributed by atoms with Gasteiger partial charge in [-0.1, -0.05) is 12.1 Å². The van der Waals surface area contributed by atoms with Gasteiger partial charge >= 0.3 is 0 Å². The maximum atomic E-state index is 12.2. The normalized spacial score (nSPS) is 12.7. The molecule has 100 valence electrons. The van der Waals surface area contributed by atoms with Crippen LogP contribution in [0.2, 0.25) is 0 Å². The number of nitro benzene ring substituents is 1. The zero-order chi connectivity index (χ0) is 14.1. The molecule has 0 N–H and O–H groups in total. The quantitative estimate of drug-likeness (QED) is 0.487. The number of nitro groups is 1. The molecule has 0 aliphatic carbocycles. The summed E-state index contributed by atoms with van der Waals surface area (Å²) in [5.41, 5.74) is -1.38. The van der Waals surface area contributed by atoms with E-state index in [-0.39, 0.29) is 0 Å². The summed E-state index contributed by atoms with van der Waals surface area (Å²) in [6.07, 6.45) is 0. The Bertz CT molecular complexity index is 565. The van der Waals surface area contributed by atoms with Crippen LogP contribution in [-0.2, 0) is 10.0 Å². The average Bonchev–Trinajstić information content (AvgIpc) is 2.26. The van der Waals surface area contributed by atoms with E-state index in [0.29, 0.717) is 3.82 Å². The smallest absolute Gasteiger partial charge is 0.258 e. The number of benzene rings is 1. The first-order valence-electron chi connectivity index (χ1n) is 5.03. The van der Waals surface area contributed by atoms with E-state index >= 15 is 0 Å². The Morgan fingerprint density at radius 3 is 2.22 bits per heavy atom. The molecule has 1 aromatic carbocycles. The standard InChI is InChI=1S/C10H13ClN2O4S/c1-10(2,3)13(11)18(16,17)9-7-5-4-6-8(9)12(14)15/h4-7H,1-3H3. The molecule has 0 spiro atoms. The Hall–Kier alpha value is -1.18. The lowest BCUT2D eigenvalue weighted by atomic mass is 10.1. The largest absolute Gasteiger partial charge is 0.289 e. The molecule has 0 bridgehead atoms. The highest BCUT2D eigenvalue weighted by atomic mass is 35.5. The van der Waals surface area contributed by atoms with Crippen LogP contribution in [0, 0.1) is 10.1 Å². The van der Waals surface area contributed by atoms with E-state index in [0.717, 1.165) is 12.1 Å². The molecule has 0 unspecified atom stereocenters. The van der Waals surface area contributed by atoms with Gasteiger partial charge in [-0.25, -0.2) is 8.42 Å². The summed E-state index contributed by atoms with van der Waals surface area (Å²) in [5, 5.41) is 10.8. The number of nitrogens with zero attached hydrogens (tertiary/aromatic N) is 2. The lowest BCUT2D eigenvalue weighted by molar-refractivity contribution is -0.387. The zero-order valence-electron chi connectivity index (χ0n) is 10.1. The first kappa shape index (κ1) is 14.9. The molecule has 1 rings (SSSR count). The topological polar surface area (TPSA) is 80.5 Å². The molecule has 0 saturated heterocycles. The van der Waals surface area contributed by atoms with Gasteiger partial charge in [0.25, 0.3) is 15.7 Å². The number of para-hydroxylation sites is 1. The molecule has 0 aliphatic rings. The van der Waals surface area contributed by atoms with Crippen molar-refractivity contribution in [2.45, 2.75) is 31.2 Å². The summed E-state index contributed by atoms with van der Waals surface area (Å²) in [6, 6.07) is 5.09. The molecule has 0 aromatic heterocycles. The van der Waals surface area contributed by atoms with Crippen LogP contribution < -0.4 is 0 Å². The second-order valence-electron chi connectivity index (χ2n) is 4.62. The number of sulfonamides is 1. The minimum absolute atomic E-state index is 0.417. The second kappa shape index (κ2) is 4.83. The summed E-state index contributed by atoms with van der Waals surface area (Å²) < 4.78 is 25.0. The first-order valence-corrected chi connectivity index (χ1v) is 6.81. The van der Waals surface area contributed by atoms with Gasteiger partial charge in [-0.2, -0.15) is 0 Å². The highest BCUT2D eigenvalue weighted by Gasteiger charge is 2.36. The van der Waals surface area contributed by atoms with Crippen LogP contribution in [0.4, 0.5) is 5.69 Å². The number of halogens is 1. The fourth-order valence-electron chi connectivity index (χ4n) is 1.27. The van der Waals surface area contributed by atoms with Crippen molar-refractivity contribution in [2.75, 3.05) is 0 Å². The van der Waals surface area contributed by atoms with Crippen molar-refractivity contribution in [3.63, 3.8) is 0 Å². The maximum Gasteiger partial charge on any atom is 0.289 e. The Kier molecular flexibility index (Phi) is 3.99. The van der Waals surface area contributed by atoms with Crippen LogP contribution in [0.5, 0.6) is 0 Å². The summed E-state index contributed by atoms with van der Waals surface area (Å²) in [7, 11) is -4.12. The van der Waals surface area contributed by atoms with Gasteiger partial charge in [0, 0.05) is 11.6 Å². The summed E-state index contributed by atoms with van der Waals surface area (Å²) >= 11 is 5.78. The lowest BCUT2D eigenvalue weighted by Gasteiger charge is -2.27. The molecule has 1 aromatic rings. The number of hydrogen-bond donors (Lipinski definition) is 0. The lowest BCUT2D eigenvalue weighted by Crippen LogP contribution is -2.38. The molecule has 0 aliphatic heterocycles. The monoisotopic (exact) mass is 292 g/mol. The Morgan fingerprint density at radius 1 is 1.28 bits per heavy atom. The molecule has 0 saturated carbocycles. The minimum atomic E-state index is -4.12. The SMILES string of the molecule is CC(C)(C)N(Cl)S(=O)(=O)c1ccccc1[N+](=O)[O-]. The minimum Gasteiger partial charge on any atom is -0.258 e. The molecular weight excluding hydrogens is 280 g/mol. The van der Waals surface area contributed by atoms with E-state index in [9.17, 15) is 18.5 Å². The van der Waals surface area contributed by atoms with Crippen LogP contribution in [0.3, 0.4) is 0 Å². The summed E-state index contributed by atoms with van der Waals surface area (Å²) in [6.45, 7) is 4.77. The third-order valence-electron chi connectivity index (χ3n) is 2.08. The molecule has 6 nitrogen and oxygen atoms in total. The van der Waals surface area contributed by atoms with Gasteiger partial charge in [0.15, 0.2) is 4.90 Å². The highest BCUT2D eigenvalue weighted by molar-refractivity contribution is 7.90. The van der Waals surface area contributed by atoms with Gasteiger partial charge in [0.1, 0.15) is 0 Å². The molecule has 8 heteroatoms. The van der Waals surface area contributed by atoms with Crippen molar-refractivity contribution in [3.05, 3.63) is 34.4 Å². The second-order valence-corrected chi connectivity index (χ2v) is 6.91. The van der Waals surface area contributed by atoms with Crippen LogP contribution in [-0.4, -0.2) is 22.7 Å². The summed E-state index contributed by atoms with van der Waals surface area (Å²) in [4.78, 5) is 9.65. The predicted octanol–water partition coefficient (Wildman–Crippen LogP) is 2.54. The van der Waals surface area contributed by atoms with Gasteiger partial charge in [-0.15, -0.1) is 3.82 Å². The molecule has 0 fully saturated rings. The van der Waals surface area contributed by atoms with E-state index in [1.165, 1.54) is 12.1 Å². The maximum absolute atomic E-state index is 12.2. The predicted molar refractivity (Wildman–Crippen MR) is 67.7 cm³/mol. The molecule has 0 radical (unpaired) electrons. The van der Waals surface area contributed by atoms with Gasteiger partial charge in [-0.3, -0.25) is 10.1 Å². The van der Waals surface area contributed by atoms with Crippen molar-refractivity contribution in [1.29, 1.82) is 0 Å². The van der Waals surface area contributed by atoms with Crippen molar-refractivity contribution >= 4 is 27.5 Å². The van der Waals surface area contributed by atoms with E-state index in [4.69, 9.17) is 11.8 Å². The van der Waals surface area contributed by atoms with Gasteiger partial charge in [0.2, 0.25) is 0 Å². The number of rotatable bonds is 3. The Morgan fingerprint density at radius 2 is 1.78 bits per heavy atom. The third-order valence-corrected chi connectivity index (χ3v) is 5.00. The Balaban J connectivity index is 3.43. The number of hydrogen-bond acceptors (Lipinski definition) is 4. The fraction of sp³-hybridized carbons (Fsp3) is 0.400. The van der Waals surface area contributed by atoms with E-state index < -0.39 is 31.1 Å². The molecule has 0 heterocycles. The van der Waals surface area contributed by atoms with E-state index in [2.05, 4.69) is 0 Å². The Labute approximate surface area is 110 Å². The van der Waals surface area contributed by atoms with Crippen LogP contribution in [0.1, 0.15) is 20.8 Å². The summed E-state index contributed by atoms with van der Waals surface area (Å²) in [5.74, 6) is 0. The van der Waals surface area contributed by atoms with Crippen molar-refractivity contribution in [3.8, 4) is 0 Å². The zero-order valence-corrected chi connectivity index (χ0v) is 11.7. The van der Waals surface area contributed by atoms with Crippen LogP contribution in [0.25, 0.3) is 0 Å². The molecule has 0 atom stereocenters. The van der Waals surface area contributed by atoms with Crippen LogP contribution in [0.15, 0.2) is 29.2 Å². The van der Waals surface area contributed by atoms with E-state index in [1.807, 2.05) is 0 Å². The highest BCUT2D eigenvalue weighted by Crippen LogP contribution is 2.31. The molecule has 18 heavy (non-hydrogen) atoms. The van der Waals surface area contributed by atoms with Gasteiger partial charge in [0.05, 0.1) is 4.92 Å². The first-order chi connectivity index (χ1) is 8.08. The molecule has 0 amide bonds. The van der Waals surface area contributed by atoms with Crippen molar-refractivity contribution in [1.82, 2.24) is 3.82 Å². The molecular formula is C10H13ClN2O4S. The third kappa shape index (κ3) is 2.80.